The van der Waals surface area contributed by atoms with Gasteiger partial charge in [0.2, 0.25) is 15.9 Å². The van der Waals surface area contributed by atoms with Crippen molar-refractivity contribution >= 4 is 15.9 Å². The van der Waals surface area contributed by atoms with Crippen LogP contribution in [0.3, 0.4) is 0 Å². The van der Waals surface area contributed by atoms with Crippen LogP contribution in [0.1, 0.15) is 13.8 Å². The molecule has 0 radical (unpaired) electrons. The monoisotopic (exact) mass is 344 g/mol. The van der Waals surface area contributed by atoms with Crippen LogP contribution < -0.4 is 14.8 Å². The van der Waals surface area contributed by atoms with Crippen molar-refractivity contribution in [2.24, 2.45) is 0 Å². The largest absolute Gasteiger partial charge is 0.497 e. The van der Waals surface area contributed by atoms with Crippen molar-refractivity contribution in [1.29, 1.82) is 0 Å². The number of sulfonamides is 1. The number of hydrogen-bond acceptors (Lipinski definition) is 5. The van der Waals surface area contributed by atoms with Gasteiger partial charge in [-0.15, -0.1) is 0 Å². The van der Waals surface area contributed by atoms with Gasteiger partial charge >= 0.3 is 0 Å². The Morgan fingerprint density at radius 1 is 1.22 bits per heavy atom. The number of ether oxygens (including phenoxy) is 2. The lowest BCUT2D eigenvalue weighted by Gasteiger charge is -2.17. The summed E-state index contributed by atoms with van der Waals surface area (Å²) < 4.78 is 35.7. The van der Waals surface area contributed by atoms with Crippen LogP contribution in [-0.2, 0) is 14.8 Å². The zero-order valence-corrected chi connectivity index (χ0v) is 14.6. The van der Waals surface area contributed by atoms with Gasteiger partial charge in [0.05, 0.1) is 13.7 Å². The molecule has 7 nitrogen and oxygen atoms in total. The van der Waals surface area contributed by atoms with Gasteiger partial charge < -0.3 is 14.8 Å². The molecule has 0 aliphatic carbocycles. The van der Waals surface area contributed by atoms with Crippen LogP contribution in [0.2, 0.25) is 0 Å². The molecule has 1 N–H and O–H groups in total. The second kappa shape index (κ2) is 9.36. The van der Waals surface area contributed by atoms with E-state index in [0.29, 0.717) is 24.6 Å². The van der Waals surface area contributed by atoms with Crippen molar-refractivity contribution < 1.29 is 22.7 Å². The number of methoxy groups -OCH3 is 1. The SMILES string of the molecule is CCN(CC)S(=O)(=O)CC(=O)NCCOc1cccc(OC)c1. The Hall–Kier alpha value is -1.80. The molecule has 0 spiro atoms. The Morgan fingerprint density at radius 2 is 1.87 bits per heavy atom. The molecule has 8 heteroatoms. The third-order valence-electron chi connectivity index (χ3n) is 3.15. The van der Waals surface area contributed by atoms with Crippen molar-refractivity contribution in [1.82, 2.24) is 9.62 Å². The lowest BCUT2D eigenvalue weighted by Crippen LogP contribution is -2.40. The number of rotatable bonds is 10. The van der Waals surface area contributed by atoms with E-state index >= 15 is 0 Å². The van der Waals surface area contributed by atoms with Crippen molar-refractivity contribution in [2.45, 2.75) is 13.8 Å². The highest BCUT2D eigenvalue weighted by Gasteiger charge is 2.22. The molecule has 0 aliphatic heterocycles. The third kappa shape index (κ3) is 6.45. The predicted octanol–water partition coefficient (Wildman–Crippen LogP) is 0.862. The molecule has 0 heterocycles. The number of carbonyl (C=O) groups excluding carboxylic acids is 1. The maximum Gasteiger partial charge on any atom is 0.236 e. The number of carbonyl (C=O) groups is 1. The molecule has 1 rings (SSSR count). The first kappa shape index (κ1) is 19.2. The minimum absolute atomic E-state index is 0.226. The first-order chi connectivity index (χ1) is 10.9. The van der Waals surface area contributed by atoms with Crippen LogP contribution in [0.4, 0.5) is 0 Å². The molecule has 130 valence electrons. The fourth-order valence-electron chi connectivity index (χ4n) is 1.98. The first-order valence-electron chi connectivity index (χ1n) is 7.44. The number of benzene rings is 1. The molecule has 0 saturated heterocycles. The topological polar surface area (TPSA) is 84.9 Å². The van der Waals surface area contributed by atoms with Crippen molar-refractivity contribution in [3.8, 4) is 11.5 Å². The average Bonchev–Trinajstić information content (AvgIpc) is 2.52. The molecule has 1 amide bonds. The van der Waals surface area contributed by atoms with Crippen molar-refractivity contribution in [3.05, 3.63) is 24.3 Å². The maximum absolute atomic E-state index is 11.9. The molecule has 0 bridgehead atoms. The number of hydrogen-bond donors (Lipinski definition) is 1. The van der Waals surface area contributed by atoms with Gasteiger partial charge in [-0.25, -0.2) is 12.7 Å². The van der Waals surface area contributed by atoms with E-state index in [1.165, 1.54) is 4.31 Å². The summed E-state index contributed by atoms with van der Waals surface area (Å²) >= 11 is 0. The van der Waals surface area contributed by atoms with Crippen molar-refractivity contribution in [3.63, 3.8) is 0 Å². The van der Waals surface area contributed by atoms with Crippen LogP contribution in [0.5, 0.6) is 11.5 Å². The van der Waals surface area contributed by atoms with E-state index in [1.807, 2.05) is 0 Å². The Labute approximate surface area is 137 Å². The maximum atomic E-state index is 11.9. The van der Waals surface area contributed by atoms with Gasteiger partial charge in [-0.05, 0) is 12.1 Å². The predicted molar refractivity (Wildman–Crippen MR) is 88.2 cm³/mol. The summed E-state index contributed by atoms with van der Waals surface area (Å²) in [6, 6.07) is 7.10. The molecular formula is C15H24N2O5S. The van der Waals surface area contributed by atoms with Crippen molar-refractivity contribution in [2.75, 3.05) is 39.1 Å². The molecule has 23 heavy (non-hydrogen) atoms. The molecular weight excluding hydrogens is 320 g/mol. The van der Waals surface area contributed by atoms with Crippen LogP contribution in [0, 0.1) is 0 Å². The zero-order chi connectivity index (χ0) is 17.3. The molecule has 0 aromatic heterocycles. The standard InChI is InChI=1S/C15H24N2O5S/c1-4-17(5-2)23(19,20)12-15(18)16-9-10-22-14-8-6-7-13(11-14)21-3/h6-8,11H,4-5,9-10,12H2,1-3H3,(H,16,18). The highest BCUT2D eigenvalue weighted by atomic mass is 32.2. The highest BCUT2D eigenvalue weighted by Crippen LogP contribution is 2.18. The van der Waals surface area contributed by atoms with E-state index in [1.54, 1.807) is 45.2 Å². The fraction of sp³-hybridized carbons (Fsp3) is 0.533. The molecule has 1 aromatic rings. The smallest absolute Gasteiger partial charge is 0.236 e. The van der Waals surface area contributed by atoms with Gasteiger partial charge in [0.15, 0.2) is 0 Å². The Bertz CT molecular complexity index is 600. The molecule has 0 unspecified atom stereocenters. The summed E-state index contributed by atoms with van der Waals surface area (Å²) in [5, 5.41) is 2.54. The minimum atomic E-state index is -3.56. The molecule has 0 aliphatic rings. The second-order valence-electron chi connectivity index (χ2n) is 4.72. The summed E-state index contributed by atoms with van der Waals surface area (Å²) in [7, 11) is -1.99. The fourth-order valence-corrected chi connectivity index (χ4v) is 3.38. The van der Waals surface area contributed by atoms with E-state index in [4.69, 9.17) is 9.47 Å². The zero-order valence-electron chi connectivity index (χ0n) is 13.7. The number of nitrogens with one attached hydrogen (secondary N) is 1. The van der Waals surface area contributed by atoms with Gasteiger partial charge in [-0.1, -0.05) is 19.9 Å². The van der Waals surface area contributed by atoms with Crippen LogP contribution >= 0.6 is 0 Å². The number of nitrogens with zero attached hydrogens (tertiary/aromatic N) is 1. The van der Waals surface area contributed by atoms with E-state index < -0.39 is 21.7 Å². The van der Waals surface area contributed by atoms with Gasteiger partial charge in [0.1, 0.15) is 23.9 Å². The Balaban J connectivity index is 2.36. The summed E-state index contributed by atoms with van der Waals surface area (Å²) in [4.78, 5) is 11.7. The van der Waals surface area contributed by atoms with E-state index in [-0.39, 0.29) is 13.2 Å². The lowest BCUT2D eigenvalue weighted by atomic mass is 10.3. The van der Waals surface area contributed by atoms with Crippen LogP contribution in [-0.4, -0.2) is 57.7 Å². The lowest BCUT2D eigenvalue weighted by molar-refractivity contribution is -0.118. The Kier molecular flexibility index (Phi) is 7.84. The number of amides is 1. The average molecular weight is 344 g/mol. The summed E-state index contributed by atoms with van der Waals surface area (Å²) in [5.41, 5.74) is 0. The van der Waals surface area contributed by atoms with E-state index in [9.17, 15) is 13.2 Å². The third-order valence-corrected chi connectivity index (χ3v) is 5.08. The van der Waals surface area contributed by atoms with Gasteiger partial charge in [-0.3, -0.25) is 4.79 Å². The molecule has 0 atom stereocenters. The quantitative estimate of drug-likeness (QED) is 0.637. The first-order valence-corrected chi connectivity index (χ1v) is 9.05. The second-order valence-corrected chi connectivity index (χ2v) is 6.69. The van der Waals surface area contributed by atoms with Crippen LogP contribution in [0.25, 0.3) is 0 Å². The molecule has 0 saturated carbocycles. The summed E-state index contributed by atoms with van der Waals surface area (Å²) in [6.45, 7) is 4.64. The van der Waals surface area contributed by atoms with Crippen LogP contribution in [0.15, 0.2) is 24.3 Å². The normalized spacial score (nSPS) is 11.3. The molecule has 1 aromatic carbocycles. The van der Waals surface area contributed by atoms with Gasteiger partial charge in [-0.2, -0.15) is 0 Å². The summed E-state index contributed by atoms with van der Waals surface area (Å²) in [6.07, 6.45) is 0. The van der Waals surface area contributed by atoms with E-state index in [0.717, 1.165) is 0 Å². The Morgan fingerprint density at radius 3 is 2.48 bits per heavy atom. The van der Waals surface area contributed by atoms with Gasteiger partial charge in [0, 0.05) is 19.2 Å². The van der Waals surface area contributed by atoms with E-state index in [2.05, 4.69) is 5.32 Å². The molecule has 0 fully saturated rings. The summed E-state index contributed by atoms with van der Waals surface area (Å²) in [5.74, 6) is 0.214. The minimum Gasteiger partial charge on any atom is -0.497 e. The highest BCUT2D eigenvalue weighted by molar-refractivity contribution is 7.89. The van der Waals surface area contributed by atoms with Gasteiger partial charge in [0.25, 0.3) is 0 Å².